The molecule has 2 aromatic heterocycles. The first-order valence-corrected chi connectivity index (χ1v) is 8.11. The van der Waals surface area contributed by atoms with Gasteiger partial charge in [-0.25, -0.2) is 0 Å². The van der Waals surface area contributed by atoms with Gasteiger partial charge in [0.05, 0.1) is 14.2 Å². The van der Waals surface area contributed by atoms with E-state index >= 15 is 0 Å². The van der Waals surface area contributed by atoms with Crippen molar-refractivity contribution in [2.45, 2.75) is 0 Å². The molecule has 0 aliphatic rings. The van der Waals surface area contributed by atoms with Crippen molar-refractivity contribution >= 4 is 16.3 Å². The van der Waals surface area contributed by atoms with Crippen LogP contribution in [0.25, 0.3) is 26.9 Å². The Kier molecular flexibility index (Phi) is 3.62. The second-order valence-corrected chi connectivity index (χ2v) is 6.05. The number of methoxy groups -OCH3 is 2. The zero-order chi connectivity index (χ0) is 16.5. The smallest absolute Gasteiger partial charge is 0.235 e. The van der Waals surface area contributed by atoms with Crippen LogP contribution in [0.3, 0.4) is 0 Å². The molecule has 0 unspecified atom stereocenters. The molecule has 0 N–H and O–H groups in total. The van der Waals surface area contributed by atoms with Crippen molar-refractivity contribution in [1.82, 2.24) is 19.8 Å². The van der Waals surface area contributed by atoms with Crippen LogP contribution in [0.1, 0.15) is 0 Å². The molecule has 0 bridgehead atoms. The van der Waals surface area contributed by atoms with E-state index in [2.05, 4.69) is 15.3 Å². The molecule has 0 saturated carbocycles. The predicted molar refractivity (Wildman–Crippen MR) is 92.6 cm³/mol. The molecule has 0 atom stereocenters. The van der Waals surface area contributed by atoms with Crippen molar-refractivity contribution in [3.05, 3.63) is 48.5 Å². The molecule has 0 saturated heterocycles. The van der Waals surface area contributed by atoms with Crippen molar-refractivity contribution in [1.29, 1.82) is 0 Å². The van der Waals surface area contributed by atoms with Gasteiger partial charge in [0.15, 0.2) is 5.82 Å². The maximum absolute atomic E-state index is 5.28. The largest absolute Gasteiger partial charge is 0.497 e. The van der Waals surface area contributed by atoms with E-state index in [9.17, 15) is 0 Å². The van der Waals surface area contributed by atoms with E-state index < -0.39 is 0 Å². The van der Waals surface area contributed by atoms with Gasteiger partial charge in [0, 0.05) is 11.1 Å². The fourth-order valence-corrected chi connectivity index (χ4v) is 3.27. The van der Waals surface area contributed by atoms with Gasteiger partial charge in [0.1, 0.15) is 16.5 Å². The van der Waals surface area contributed by atoms with Gasteiger partial charge >= 0.3 is 0 Å². The Hall–Kier alpha value is -2.93. The van der Waals surface area contributed by atoms with Crippen LogP contribution in [0.4, 0.5) is 0 Å². The van der Waals surface area contributed by atoms with E-state index in [0.717, 1.165) is 32.6 Å². The number of nitrogens with zero attached hydrogens (tertiary/aromatic N) is 4. The lowest BCUT2D eigenvalue weighted by atomic mass is 10.2. The van der Waals surface area contributed by atoms with E-state index in [-0.39, 0.29) is 0 Å². The molecule has 2 aromatic carbocycles. The monoisotopic (exact) mass is 338 g/mol. The van der Waals surface area contributed by atoms with Crippen LogP contribution in [0.2, 0.25) is 0 Å². The molecule has 0 radical (unpaired) electrons. The van der Waals surface area contributed by atoms with Gasteiger partial charge in [-0.1, -0.05) is 35.6 Å². The number of aromatic nitrogens is 4. The molecule has 4 aromatic rings. The summed E-state index contributed by atoms with van der Waals surface area (Å²) in [6, 6.07) is 15.5. The third-order valence-corrected chi connectivity index (χ3v) is 4.58. The van der Waals surface area contributed by atoms with E-state index in [1.807, 2.05) is 48.5 Å². The van der Waals surface area contributed by atoms with Crippen molar-refractivity contribution in [3.63, 3.8) is 0 Å². The average molecular weight is 338 g/mol. The zero-order valence-electron chi connectivity index (χ0n) is 13.1. The number of rotatable bonds is 4. The summed E-state index contributed by atoms with van der Waals surface area (Å²) in [6.07, 6.45) is 0. The number of fused-ring (bicyclic) bond motifs is 1. The summed E-state index contributed by atoms with van der Waals surface area (Å²) in [6.45, 7) is 0. The summed E-state index contributed by atoms with van der Waals surface area (Å²) in [4.78, 5) is 0.741. The third-order valence-electron chi connectivity index (χ3n) is 3.64. The van der Waals surface area contributed by atoms with E-state index in [1.54, 1.807) is 18.7 Å². The lowest BCUT2D eigenvalue weighted by Gasteiger charge is -2.02. The Bertz CT molecular complexity index is 1010. The van der Waals surface area contributed by atoms with Crippen molar-refractivity contribution in [2.24, 2.45) is 0 Å². The normalized spacial score (nSPS) is 10.9. The molecular weight excluding hydrogens is 324 g/mol. The lowest BCUT2D eigenvalue weighted by Crippen LogP contribution is -1.92. The molecule has 24 heavy (non-hydrogen) atoms. The van der Waals surface area contributed by atoms with Crippen LogP contribution in [0.5, 0.6) is 11.5 Å². The predicted octanol–water partition coefficient (Wildman–Crippen LogP) is 3.54. The minimum absolute atomic E-state index is 0.689. The van der Waals surface area contributed by atoms with Crippen LogP contribution in [0.15, 0.2) is 48.5 Å². The Labute approximate surface area is 142 Å². The van der Waals surface area contributed by atoms with E-state index in [0.29, 0.717) is 5.82 Å². The van der Waals surface area contributed by atoms with E-state index in [4.69, 9.17) is 9.47 Å². The molecule has 0 amide bonds. The van der Waals surface area contributed by atoms with Crippen LogP contribution < -0.4 is 9.47 Å². The molecule has 0 fully saturated rings. The Morgan fingerprint density at radius 1 is 0.875 bits per heavy atom. The minimum Gasteiger partial charge on any atom is -0.497 e. The van der Waals surface area contributed by atoms with E-state index in [1.165, 1.54) is 11.3 Å². The van der Waals surface area contributed by atoms with Crippen LogP contribution in [-0.2, 0) is 0 Å². The minimum atomic E-state index is 0.689. The topological polar surface area (TPSA) is 61.5 Å². The van der Waals surface area contributed by atoms with Gasteiger partial charge in [-0.05, 0) is 24.3 Å². The first-order chi connectivity index (χ1) is 11.8. The molecule has 0 aliphatic carbocycles. The van der Waals surface area contributed by atoms with Gasteiger partial charge in [0.2, 0.25) is 4.96 Å². The first kappa shape index (κ1) is 14.6. The highest BCUT2D eigenvalue weighted by Crippen LogP contribution is 2.30. The highest BCUT2D eigenvalue weighted by atomic mass is 32.1. The quantitative estimate of drug-likeness (QED) is 0.569. The molecule has 0 spiro atoms. The first-order valence-electron chi connectivity index (χ1n) is 7.29. The number of hydrogen-bond donors (Lipinski definition) is 0. The lowest BCUT2D eigenvalue weighted by molar-refractivity contribution is 0.415. The molecule has 7 heteroatoms. The highest BCUT2D eigenvalue weighted by Gasteiger charge is 2.15. The van der Waals surface area contributed by atoms with Gasteiger partial charge in [-0.2, -0.15) is 9.61 Å². The second-order valence-electron chi connectivity index (χ2n) is 5.09. The summed E-state index contributed by atoms with van der Waals surface area (Å²) in [5, 5.41) is 14.0. The number of hydrogen-bond acceptors (Lipinski definition) is 6. The van der Waals surface area contributed by atoms with Gasteiger partial charge < -0.3 is 9.47 Å². The fraction of sp³-hybridized carbons (Fsp3) is 0.118. The molecular formula is C17H14N4O2S. The Balaban J connectivity index is 1.81. The maximum atomic E-state index is 5.28. The Morgan fingerprint density at radius 3 is 2.25 bits per heavy atom. The van der Waals surface area contributed by atoms with Gasteiger partial charge in [-0.3, -0.25) is 0 Å². The second kappa shape index (κ2) is 5.93. The van der Waals surface area contributed by atoms with Gasteiger partial charge in [-0.15, -0.1) is 10.2 Å². The Morgan fingerprint density at radius 2 is 1.54 bits per heavy atom. The third kappa shape index (κ3) is 2.48. The molecule has 6 nitrogen and oxygen atoms in total. The molecule has 120 valence electrons. The number of benzene rings is 2. The van der Waals surface area contributed by atoms with Crippen molar-refractivity contribution in [3.8, 4) is 33.5 Å². The molecule has 2 heterocycles. The van der Waals surface area contributed by atoms with Crippen molar-refractivity contribution in [2.75, 3.05) is 14.2 Å². The standard InChI is InChI=1S/C17H14N4O2S/c1-22-13-7-3-5-11(9-13)15-18-19-17-21(15)20-16(24-17)12-6-4-8-14(10-12)23-2/h3-10H,1-2H3. The average Bonchev–Trinajstić information content (AvgIpc) is 3.22. The van der Waals surface area contributed by atoms with Crippen molar-refractivity contribution < 1.29 is 9.47 Å². The summed E-state index contributed by atoms with van der Waals surface area (Å²) in [7, 11) is 3.29. The van der Waals surface area contributed by atoms with Crippen LogP contribution in [-0.4, -0.2) is 34.0 Å². The zero-order valence-corrected chi connectivity index (χ0v) is 13.9. The van der Waals surface area contributed by atoms with Crippen LogP contribution in [0, 0.1) is 0 Å². The van der Waals surface area contributed by atoms with Gasteiger partial charge in [0.25, 0.3) is 0 Å². The maximum Gasteiger partial charge on any atom is 0.235 e. The SMILES string of the molecule is COc1cccc(-c2nn3c(-c4cccc(OC)c4)nnc3s2)c1. The molecule has 4 rings (SSSR count). The summed E-state index contributed by atoms with van der Waals surface area (Å²) in [5.74, 6) is 2.26. The molecule has 0 aliphatic heterocycles. The highest BCUT2D eigenvalue weighted by molar-refractivity contribution is 7.19. The summed E-state index contributed by atoms with van der Waals surface area (Å²) in [5.41, 5.74) is 1.89. The summed E-state index contributed by atoms with van der Waals surface area (Å²) >= 11 is 1.49. The van der Waals surface area contributed by atoms with Crippen LogP contribution >= 0.6 is 11.3 Å². The summed E-state index contributed by atoms with van der Waals surface area (Å²) < 4.78 is 12.3. The number of ether oxygens (including phenoxy) is 2. The fourth-order valence-electron chi connectivity index (χ4n) is 2.43.